The van der Waals surface area contributed by atoms with Gasteiger partial charge in [-0.15, -0.1) is 0 Å². The topological polar surface area (TPSA) is 78.4 Å². The standard InChI is InChI=1S/C17H26N2O3/c1-12(18-16(22)17(2,3)4)15(21)19-14(10-11-20)13-8-6-5-7-9-13/h5-9,12,14,20H,10-11H2,1-4H3,(H,18,22)(H,19,21). The number of benzene rings is 1. The predicted molar refractivity (Wildman–Crippen MR) is 86.1 cm³/mol. The summed E-state index contributed by atoms with van der Waals surface area (Å²) in [6.07, 6.45) is 0.426. The number of carbonyl (C=O) groups is 2. The van der Waals surface area contributed by atoms with Crippen molar-refractivity contribution in [1.29, 1.82) is 0 Å². The molecule has 0 spiro atoms. The first-order valence-electron chi connectivity index (χ1n) is 7.53. The zero-order chi connectivity index (χ0) is 16.8. The number of aliphatic hydroxyl groups excluding tert-OH is 1. The van der Waals surface area contributed by atoms with Crippen molar-refractivity contribution in [2.75, 3.05) is 6.61 Å². The lowest BCUT2D eigenvalue weighted by Gasteiger charge is -2.24. The molecule has 1 aromatic rings. The maximum absolute atomic E-state index is 12.3. The average molecular weight is 306 g/mol. The quantitative estimate of drug-likeness (QED) is 0.749. The fourth-order valence-electron chi connectivity index (χ4n) is 1.91. The molecule has 0 saturated carbocycles. The van der Waals surface area contributed by atoms with Crippen LogP contribution in [0.25, 0.3) is 0 Å². The van der Waals surface area contributed by atoms with Gasteiger partial charge < -0.3 is 15.7 Å². The van der Waals surface area contributed by atoms with Gasteiger partial charge >= 0.3 is 0 Å². The van der Waals surface area contributed by atoms with Crippen molar-refractivity contribution < 1.29 is 14.7 Å². The summed E-state index contributed by atoms with van der Waals surface area (Å²) in [7, 11) is 0. The van der Waals surface area contributed by atoms with E-state index < -0.39 is 11.5 Å². The molecular weight excluding hydrogens is 280 g/mol. The molecule has 0 heterocycles. The molecule has 0 aliphatic rings. The van der Waals surface area contributed by atoms with Gasteiger partial charge in [-0.3, -0.25) is 9.59 Å². The molecule has 22 heavy (non-hydrogen) atoms. The van der Waals surface area contributed by atoms with E-state index in [0.717, 1.165) is 5.56 Å². The van der Waals surface area contributed by atoms with Crippen molar-refractivity contribution >= 4 is 11.8 Å². The second-order valence-electron chi connectivity index (χ2n) is 6.43. The lowest BCUT2D eigenvalue weighted by molar-refractivity contribution is -0.133. The molecule has 2 unspecified atom stereocenters. The van der Waals surface area contributed by atoms with Crippen LogP contribution in [0.4, 0.5) is 0 Å². The molecule has 0 saturated heterocycles. The molecule has 0 radical (unpaired) electrons. The fourth-order valence-corrected chi connectivity index (χ4v) is 1.91. The Kier molecular flexibility index (Phi) is 6.56. The van der Waals surface area contributed by atoms with E-state index in [4.69, 9.17) is 0 Å². The van der Waals surface area contributed by atoms with Gasteiger partial charge in [0.15, 0.2) is 0 Å². The molecule has 122 valence electrons. The summed E-state index contributed by atoms with van der Waals surface area (Å²) in [6.45, 7) is 7.02. The molecule has 1 aromatic carbocycles. The molecule has 5 nitrogen and oxygen atoms in total. The third kappa shape index (κ3) is 5.48. The van der Waals surface area contributed by atoms with E-state index >= 15 is 0 Å². The number of rotatable bonds is 6. The van der Waals surface area contributed by atoms with Crippen LogP contribution in [-0.4, -0.2) is 29.6 Å². The van der Waals surface area contributed by atoms with E-state index in [-0.39, 0.29) is 24.5 Å². The van der Waals surface area contributed by atoms with Crippen LogP contribution in [0.5, 0.6) is 0 Å². The van der Waals surface area contributed by atoms with E-state index in [2.05, 4.69) is 10.6 Å². The Balaban J connectivity index is 2.69. The minimum atomic E-state index is -0.628. The average Bonchev–Trinajstić information content (AvgIpc) is 2.46. The minimum Gasteiger partial charge on any atom is -0.396 e. The van der Waals surface area contributed by atoms with Gasteiger partial charge in [-0.2, -0.15) is 0 Å². The summed E-state index contributed by atoms with van der Waals surface area (Å²) < 4.78 is 0. The van der Waals surface area contributed by atoms with E-state index in [1.54, 1.807) is 27.7 Å². The lowest BCUT2D eigenvalue weighted by atomic mass is 9.95. The van der Waals surface area contributed by atoms with Crippen LogP contribution < -0.4 is 10.6 Å². The molecule has 2 atom stereocenters. The second-order valence-corrected chi connectivity index (χ2v) is 6.43. The van der Waals surface area contributed by atoms with Gasteiger partial charge in [-0.05, 0) is 18.9 Å². The maximum Gasteiger partial charge on any atom is 0.242 e. The van der Waals surface area contributed by atoms with Crippen LogP contribution in [0.15, 0.2) is 30.3 Å². The van der Waals surface area contributed by atoms with Crippen LogP contribution in [0.3, 0.4) is 0 Å². The van der Waals surface area contributed by atoms with E-state index in [1.807, 2.05) is 30.3 Å². The Morgan fingerprint density at radius 3 is 2.23 bits per heavy atom. The smallest absolute Gasteiger partial charge is 0.242 e. The first-order chi connectivity index (χ1) is 10.3. The maximum atomic E-state index is 12.3. The van der Waals surface area contributed by atoms with Crippen LogP contribution in [0.1, 0.15) is 45.7 Å². The zero-order valence-electron chi connectivity index (χ0n) is 13.7. The van der Waals surface area contributed by atoms with E-state index in [0.29, 0.717) is 6.42 Å². The van der Waals surface area contributed by atoms with Gasteiger partial charge in [-0.1, -0.05) is 51.1 Å². The molecule has 0 aliphatic heterocycles. The van der Waals surface area contributed by atoms with Crippen molar-refractivity contribution in [2.24, 2.45) is 5.41 Å². The van der Waals surface area contributed by atoms with Crippen molar-refractivity contribution in [3.63, 3.8) is 0 Å². The molecule has 0 aromatic heterocycles. The molecule has 5 heteroatoms. The highest BCUT2D eigenvalue weighted by Crippen LogP contribution is 2.16. The molecule has 1 rings (SSSR count). The van der Waals surface area contributed by atoms with Crippen LogP contribution in [0, 0.1) is 5.41 Å². The highest BCUT2D eigenvalue weighted by molar-refractivity contribution is 5.89. The third-order valence-electron chi connectivity index (χ3n) is 3.36. The van der Waals surface area contributed by atoms with Gasteiger partial charge in [0, 0.05) is 12.0 Å². The monoisotopic (exact) mass is 306 g/mol. The normalized spacial score (nSPS) is 14.0. The SMILES string of the molecule is CC(NC(=O)C(C)(C)C)C(=O)NC(CCO)c1ccccc1. The second kappa shape index (κ2) is 7.94. The highest BCUT2D eigenvalue weighted by Gasteiger charge is 2.26. The molecule has 0 aliphatic carbocycles. The number of aliphatic hydroxyl groups is 1. The largest absolute Gasteiger partial charge is 0.396 e. The zero-order valence-corrected chi connectivity index (χ0v) is 13.7. The predicted octanol–water partition coefficient (Wildman–Crippen LogP) is 1.78. The minimum absolute atomic E-state index is 0.0252. The fraction of sp³-hybridized carbons (Fsp3) is 0.529. The van der Waals surface area contributed by atoms with Gasteiger partial charge in [-0.25, -0.2) is 0 Å². The lowest BCUT2D eigenvalue weighted by Crippen LogP contribution is -2.49. The van der Waals surface area contributed by atoms with Crippen molar-refractivity contribution in [1.82, 2.24) is 10.6 Å². The number of carbonyl (C=O) groups excluding carboxylic acids is 2. The number of hydrogen-bond donors (Lipinski definition) is 3. The molecule has 2 amide bonds. The number of amides is 2. The van der Waals surface area contributed by atoms with Crippen molar-refractivity contribution in [3.05, 3.63) is 35.9 Å². The summed E-state index contributed by atoms with van der Waals surface area (Å²) in [5.74, 6) is -0.437. The van der Waals surface area contributed by atoms with Gasteiger partial charge in [0.2, 0.25) is 11.8 Å². The van der Waals surface area contributed by atoms with Gasteiger partial charge in [0.1, 0.15) is 6.04 Å². The first-order valence-corrected chi connectivity index (χ1v) is 7.53. The van der Waals surface area contributed by atoms with Gasteiger partial charge in [0.05, 0.1) is 6.04 Å². The Bertz CT molecular complexity index is 494. The Labute approximate surface area is 132 Å². The van der Waals surface area contributed by atoms with Crippen LogP contribution >= 0.6 is 0 Å². The Morgan fingerprint density at radius 2 is 1.73 bits per heavy atom. The Morgan fingerprint density at radius 1 is 1.14 bits per heavy atom. The molecule has 0 fully saturated rings. The third-order valence-corrected chi connectivity index (χ3v) is 3.36. The molecule has 3 N–H and O–H groups in total. The number of nitrogens with one attached hydrogen (secondary N) is 2. The highest BCUT2D eigenvalue weighted by atomic mass is 16.3. The molecular formula is C17H26N2O3. The first kappa shape index (κ1) is 18.2. The summed E-state index contributed by atoms with van der Waals surface area (Å²) in [5.41, 5.74) is 0.387. The van der Waals surface area contributed by atoms with E-state index in [1.165, 1.54) is 0 Å². The summed E-state index contributed by atoms with van der Waals surface area (Å²) >= 11 is 0. The summed E-state index contributed by atoms with van der Waals surface area (Å²) in [6, 6.07) is 8.57. The van der Waals surface area contributed by atoms with Crippen LogP contribution in [0.2, 0.25) is 0 Å². The molecule has 0 bridgehead atoms. The summed E-state index contributed by atoms with van der Waals surface area (Å²) in [4.78, 5) is 24.2. The van der Waals surface area contributed by atoms with Crippen LogP contribution in [-0.2, 0) is 9.59 Å². The summed E-state index contributed by atoms with van der Waals surface area (Å²) in [5, 5.41) is 14.8. The van der Waals surface area contributed by atoms with Gasteiger partial charge in [0.25, 0.3) is 0 Å². The Hall–Kier alpha value is -1.88. The number of hydrogen-bond acceptors (Lipinski definition) is 3. The van der Waals surface area contributed by atoms with Crippen molar-refractivity contribution in [2.45, 2.75) is 46.2 Å². The van der Waals surface area contributed by atoms with E-state index in [9.17, 15) is 14.7 Å². The van der Waals surface area contributed by atoms with Crippen molar-refractivity contribution in [3.8, 4) is 0 Å².